The predicted molar refractivity (Wildman–Crippen MR) is 54.4 cm³/mol. The summed E-state index contributed by atoms with van der Waals surface area (Å²) in [5, 5.41) is 0. The van der Waals surface area contributed by atoms with Gasteiger partial charge in [0.1, 0.15) is 0 Å². The van der Waals surface area contributed by atoms with Crippen molar-refractivity contribution >= 4 is 5.97 Å². The van der Waals surface area contributed by atoms with Crippen molar-refractivity contribution in [1.82, 2.24) is 0 Å². The third-order valence-electron chi connectivity index (χ3n) is 2.77. The van der Waals surface area contributed by atoms with Crippen LogP contribution >= 0.6 is 0 Å². The maximum Gasteiger partial charge on any atom is 0.308 e. The van der Waals surface area contributed by atoms with Crippen molar-refractivity contribution < 1.29 is 9.53 Å². The minimum absolute atomic E-state index is 0.0139. The van der Waals surface area contributed by atoms with Gasteiger partial charge < -0.3 is 4.74 Å². The average molecular weight is 186 g/mol. The molecule has 2 heteroatoms. The lowest BCUT2D eigenvalue weighted by Gasteiger charge is -2.31. The van der Waals surface area contributed by atoms with Gasteiger partial charge in [-0.05, 0) is 18.3 Å². The van der Waals surface area contributed by atoms with Crippen LogP contribution in [0.25, 0.3) is 0 Å². The highest BCUT2D eigenvalue weighted by Crippen LogP contribution is 2.31. The highest BCUT2D eigenvalue weighted by Gasteiger charge is 2.30. The van der Waals surface area contributed by atoms with Gasteiger partial charge in [-0.2, -0.15) is 0 Å². The van der Waals surface area contributed by atoms with Crippen molar-refractivity contribution in [3.8, 4) is 0 Å². The summed E-state index contributed by atoms with van der Waals surface area (Å²) in [6, 6.07) is 0. The molecule has 0 fully saturated rings. The van der Waals surface area contributed by atoms with Crippen LogP contribution in [-0.2, 0) is 9.53 Å². The Hall–Kier alpha value is -0.530. The topological polar surface area (TPSA) is 26.3 Å². The second kappa shape index (κ2) is 4.64. The van der Waals surface area contributed by atoms with Crippen molar-refractivity contribution in [1.29, 1.82) is 0 Å². The van der Waals surface area contributed by atoms with Crippen LogP contribution in [0.4, 0.5) is 0 Å². The fourth-order valence-corrected chi connectivity index (χ4v) is 1.23. The number of hydrogen-bond donors (Lipinski definition) is 0. The molecule has 0 aromatic rings. The molecule has 0 aliphatic heterocycles. The van der Waals surface area contributed by atoms with Crippen LogP contribution in [0.2, 0.25) is 0 Å². The van der Waals surface area contributed by atoms with Gasteiger partial charge in [-0.1, -0.05) is 34.6 Å². The van der Waals surface area contributed by atoms with Crippen LogP contribution in [0.1, 0.15) is 41.5 Å². The van der Waals surface area contributed by atoms with Crippen LogP contribution in [-0.4, -0.2) is 12.6 Å². The van der Waals surface area contributed by atoms with E-state index in [1.54, 1.807) is 0 Å². The Bertz CT molecular complexity index is 167. The molecule has 2 nitrogen and oxygen atoms in total. The van der Waals surface area contributed by atoms with Crippen LogP contribution in [0.15, 0.2) is 0 Å². The molecule has 0 aliphatic rings. The monoisotopic (exact) mass is 186 g/mol. The third kappa shape index (κ3) is 3.79. The summed E-state index contributed by atoms with van der Waals surface area (Å²) in [6.45, 7) is 12.8. The number of ether oxygens (including phenoxy) is 1. The van der Waals surface area contributed by atoms with Crippen molar-refractivity contribution in [3.63, 3.8) is 0 Å². The van der Waals surface area contributed by atoms with E-state index in [0.717, 1.165) is 0 Å². The molecule has 0 bridgehead atoms. The van der Waals surface area contributed by atoms with Crippen LogP contribution < -0.4 is 0 Å². The molecule has 0 aromatic heterocycles. The molecule has 0 heterocycles. The van der Waals surface area contributed by atoms with E-state index < -0.39 is 0 Å². The highest BCUT2D eigenvalue weighted by molar-refractivity contribution is 5.72. The van der Waals surface area contributed by atoms with Gasteiger partial charge in [-0.25, -0.2) is 0 Å². The summed E-state index contributed by atoms with van der Waals surface area (Å²) >= 11 is 0. The molecule has 78 valence electrons. The first kappa shape index (κ1) is 12.5. The van der Waals surface area contributed by atoms with E-state index in [2.05, 4.69) is 27.7 Å². The van der Waals surface area contributed by atoms with Gasteiger partial charge in [0.25, 0.3) is 0 Å². The van der Waals surface area contributed by atoms with E-state index in [9.17, 15) is 4.79 Å². The molecule has 0 unspecified atom stereocenters. The van der Waals surface area contributed by atoms with E-state index in [4.69, 9.17) is 4.74 Å². The molecule has 0 aromatic carbocycles. The van der Waals surface area contributed by atoms with E-state index in [1.807, 2.05) is 13.8 Å². The third-order valence-corrected chi connectivity index (χ3v) is 2.77. The molecule has 2 atom stereocenters. The lowest BCUT2D eigenvalue weighted by atomic mass is 9.75. The molecule has 0 aliphatic carbocycles. The minimum Gasteiger partial charge on any atom is -0.466 e. The number of carbonyl (C=O) groups excluding carboxylic acids is 1. The van der Waals surface area contributed by atoms with Crippen LogP contribution in [0, 0.1) is 17.3 Å². The quantitative estimate of drug-likeness (QED) is 0.633. The molecule has 0 N–H and O–H groups in total. The molecule has 0 saturated carbocycles. The number of hydrogen-bond acceptors (Lipinski definition) is 2. The van der Waals surface area contributed by atoms with Crippen molar-refractivity contribution in [2.45, 2.75) is 41.5 Å². The predicted octanol–water partition coefficient (Wildman–Crippen LogP) is 2.87. The molecular weight excluding hydrogens is 164 g/mol. The van der Waals surface area contributed by atoms with Crippen molar-refractivity contribution in [2.75, 3.05) is 6.61 Å². The van der Waals surface area contributed by atoms with Gasteiger partial charge in [0.2, 0.25) is 0 Å². The summed E-state index contributed by atoms with van der Waals surface area (Å²) in [7, 11) is 0. The molecule has 0 rings (SSSR count). The standard InChI is InChI=1S/C11H22O2/c1-7-13-10(12)8(2)9(3)11(4,5)6/h8-9H,7H2,1-6H3/t8-,9+/m1/s1. The Balaban J connectivity index is 4.25. The maximum absolute atomic E-state index is 11.4. The Morgan fingerprint density at radius 2 is 1.77 bits per heavy atom. The van der Waals surface area contributed by atoms with E-state index in [0.29, 0.717) is 12.5 Å². The minimum atomic E-state index is -0.0788. The molecule has 13 heavy (non-hydrogen) atoms. The zero-order valence-corrected chi connectivity index (χ0v) is 9.68. The van der Waals surface area contributed by atoms with Crippen LogP contribution in [0.3, 0.4) is 0 Å². The average Bonchev–Trinajstić information content (AvgIpc) is 2.00. The zero-order valence-electron chi connectivity index (χ0n) is 9.68. The van der Waals surface area contributed by atoms with Gasteiger partial charge in [-0.15, -0.1) is 0 Å². The van der Waals surface area contributed by atoms with Gasteiger partial charge in [0.05, 0.1) is 12.5 Å². The maximum atomic E-state index is 11.4. The van der Waals surface area contributed by atoms with Crippen LogP contribution in [0.5, 0.6) is 0 Å². The summed E-state index contributed by atoms with van der Waals surface area (Å²) in [6.07, 6.45) is 0. The fourth-order valence-electron chi connectivity index (χ4n) is 1.23. The molecule has 0 amide bonds. The molecule has 0 saturated heterocycles. The second-order valence-electron chi connectivity index (χ2n) is 4.70. The van der Waals surface area contributed by atoms with Gasteiger partial charge in [-0.3, -0.25) is 4.79 Å². The fraction of sp³-hybridized carbons (Fsp3) is 0.909. The van der Waals surface area contributed by atoms with Crippen molar-refractivity contribution in [2.24, 2.45) is 17.3 Å². The Morgan fingerprint density at radius 3 is 2.08 bits per heavy atom. The Labute approximate surface area is 81.7 Å². The highest BCUT2D eigenvalue weighted by atomic mass is 16.5. The first-order chi connectivity index (χ1) is 5.80. The number of carbonyl (C=O) groups is 1. The van der Waals surface area contributed by atoms with Crippen molar-refractivity contribution in [3.05, 3.63) is 0 Å². The van der Waals surface area contributed by atoms with E-state index in [1.165, 1.54) is 0 Å². The zero-order chi connectivity index (χ0) is 10.6. The number of esters is 1. The summed E-state index contributed by atoms with van der Waals surface area (Å²) in [5.41, 5.74) is 0.159. The SMILES string of the molecule is CCOC(=O)[C@H](C)[C@H](C)C(C)(C)C. The lowest BCUT2D eigenvalue weighted by molar-refractivity contribution is -0.150. The summed E-state index contributed by atoms with van der Waals surface area (Å²) in [5.74, 6) is 0.247. The normalized spacial score (nSPS) is 16.5. The number of rotatable bonds is 3. The smallest absolute Gasteiger partial charge is 0.308 e. The van der Waals surface area contributed by atoms with Gasteiger partial charge in [0, 0.05) is 0 Å². The Kier molecular flexibility index (Phi) is 4.45. The van der Waals surface area contributed by atoms with E-state index in [-0.39, 0.29) is 17.3 Å². The molecule has 0 radical (unpaired) electrons. The first-order valence-electron chi connectivity index (χ1n) is 4.97. The summed E-state index contributed by atoms with van der Waals surface area (Å²) in [4.78, 5) is 11.4. The lowest BCUT2D eigenvalue weighted by Crippen LogP contribution is -2.30. The van der Waals surface area contributed by atoms with E-state index >= 15 is 0 Å². The van der Waals surface area contributed by atoms with Gasteiger partial charge >= 0.3 is 5.97 Å². The van der Waals surface area contributed by atoms with Gasteiger partial charge in [0.15, 0.2) is 0 Å². The molecule has 0 spiro atoms. The first-order valence-corrected chi connectivity index (χ1v) is 4.97. The second-order valence-corrected chi connectivity index (χ2v) is 4.70. The molecular formula is C11H22O2. The summed E-state index contributed by atoms with van der Waals surface area (Å²) < 4.78 is 4.98. The largest absolute Gasteiger partial charge is 0.466 e. The Morgan fingerprint density at radius 1 is 1.31 bits per heavy atom.